The molecule has 0 spiro atoms. The number of hydrogen-bond donors (Lipinski definition) is 0. The summed E-state index contributed by atoms with van der Waals surface area (Å²) in [6, 6.07) is 13.7. The van der Waals surface area contributed by atoms with E-state index >= 15 is 0 Å². The zero-order chi connectivity index (χ0) is 20.8. The Morgan fingerprint density at radius 3 is 2.47 bits per heavy atom. The summed E-state index contributed by atoms with van der Waals surface area (Å²) < 4.78 is 19.4. The summed E-state index contributed by atoms with van der Waals surface area (Å²) in [7, 11) is 0. The average Bonchev–Trinajstić information content (AvgIpc) is 3.21. The third-order valence-electron chi connectivity index (χ3n) is 5.50. The monoisotopic (exact) mass is 422 g/mol. The molecule has 0 N–H and O–H groups in total. The van der Waals surface area contributed by atoms with E-state index in [1.165, 1.54) is 23.5 Å². The van der Waals surface area contributed by atoms with Crippen molar-refractivity contribution in [3.05, 3.63) is 75.2 Å². The predicted molar refractivity (Wildman–Crippen MR) is 117 cm³/mol. The standard InChI is InChI=1S/C23H19FN2O3S/c1-14-2-7-19-17(12-14)21-18(23(28)29-19)13-20(30-21)22(27)26-10-8-25(9-11-26)16-5-3-15(24)4-6-16/h2-7,12-13H,8-11H2,1H3. The number of aryl methyl sites for hydroxylation is 1. The minimum atomic E-state index is -0.419. The minimum Gasteiger partial charge on any atom is -0.422 e. The van der Waals surface area contributed by atoms with Crippen LogP contribution in [-0.4, -0.2) is 37.0 Å². The number of anilines is 1. The normalized spacial score (nSPS) is 14.6. The topological polar surface area (TPSA) is 53.8 Å². The number of piperazine rings is 1. The second-order valence-electron chi connectivity index (χ2n) is 7.50. The van der Waals surface area contributed by atoms with E-state index in [2.05, 4.69) is 4.90 Å². The van der Waals surface area contributed by atoms with Gasteiger partial charge >= 0.3 is 5.63 Å². The van der Waals surface area contributed by atoms with Gasteiger partial charge in [0.15, 0.2) is 0 Å². The van der Waals surface area contributed by atoms with Crippen molar-refractivity contribution in [3.63, 3.8) is 0 Å². The summed E-state index contributed by atoms with van der Waals surface area (Å²) in [5, 5.41) is 1.31. The highest BCUT2D eigenvalue weighted by Crippen LogP contribution is 2.32. The first-order valence-electron chi connectivity index (χ1n) is 9.76. The molecule has 1 amide bonds. The fraction of sp³-hybridized carbons (Fsp3) is 0.217. The zero-order valence-electron chi connectivity index (χ0n) is 16.4. The van der Waals surface area contributed by atoms with Crippen LogP contribution in [0, 0.1) is 12.7 Å². The molecule has 1 aliphatic rings. The first-order chi connectivity index (χ1) is 14.5. The molecule has 5 rings (SSSR count). The van der Waals surface area contributed by atoms with Gasteiger partial charge in [-0.15, -0.1) is 11.3 Å². The third-order valence-corrected chi connectivity index (χ3v) is 6.66. The highest BCUT2D eigenvalue weighted by atomic mass is 32.1. The lowest BCUT2D eigenvalue weighted by atomic mass is 10.1. The molecular weight excluding hydrogens is 403 g/mol. The van der Waals surface area contributed by atoms with Crippen molar-refractivity contribution in [1.82, 2.24) is 4.90 Å². The van der Waals surface area contributed by atoms with Crippen LogP contribution in [0.1, 0.15) is 15.2 Å². The summed E-state index contributed by atoms with van der Waals surface area (Å²) in [5.41, 5.74) is 2.13. The van der Waals surface area contributed by atoms with Gasteiger partial charge in [0.05, 0.1) is 15.0 Å². The van der Waals surface area contributed by atoms with Gasteiger partial charge in [0.25, 0.3) is 5.91 Å². The summed E-state index contributed by atoms with van der Waals surface area (Å²) >= 11 is 1.34. The molecule has 0 bridgehead atoms. The Kier molecular flexibility index (Phi) is 4.55. The minimum absolute atomic E-state index is 0.0739. The zero-order valence-corrected chi connectivity index (χ0v) is 17.2. The van der Waals surface area contributed by atoms with Crippen molar-refractivity contribution in [2.24, 2.45) is 0 Å². The van der Waals surface area contributed by atoms with Crippen molar-refractivity contribution in [2.45, 2.75) is 6.92 Å². The van der Waals surface area contributed by atoms with Crippen molar-refractivity contribution in [1.29, 1.82) is 0 Å². The summed E-state index contributed by atoms with van der Waals surface area (Å²) in [4.78, 5) is 30.0. The van der Waals surface area contributed by atoms with Crippen molar-refractivity contribution in [2.75, 3.05) is 31.1 Å². The van der Waals surface area contributed by atoms with E-state index in [4.69, 9.17) is 4.42 Å². The molecule has 0 atom stereocenters. The maximum absolute atomic E-state index is 13.1. The number of halogens is 1. The van der Waals surface area contributed by atoms with E-state index in [9.17, 15) is 14.0 Å². The van der Waals surface area contributed by atoms with Gasteiger partial charge in [-0.3, -0.25) is 4.79 Å². The van der Waals surface area contributed by atoms with E-state index in [1.54, 1.807) is 29.2 Å². The lowest BCUT2D eigenvalue weighted by Crippen LogP contribution is -2.48. The molecule has 1 aliphatic heterocycles. The van der Waals surface area contributed by atoms with Gasteiger partial charge < -0.3 is 14.2 Å². The van der Waals surface area contributed by atoms with Gasteiger partial charge in [-0.2, -0.15) is 0 Å². The molecule has 0 radical (unpaired) electrons. The van der Waals surface area contributed by atoms with E-state index in [0.29, 0.717) is 42.0 Å². The molecule has 0 saturated carbocycles. The second-order valence-corrected chi connectivity index (χ2v) is 8.55. The maximum Gasteiger partial charge on any atom is 0.345 e. The number of fused-ring (bicyclic) bond motifs is 3. The van der Waals surface area contributed by atoms with Gasteiger partial charge in [0.1, 0.15) is 11.4 Å². The second kappa shape index (κ2) is 7.25. The van der Waals surface area contributed by atoms with Gasteiger partial charge in [0, 0.05) is 37.3 Å². The van der Waals surface area contributed by atoms with Crippen LogP contribution in [-0.2, 0) is 0 Å². The van der Waals surface area contributed by atoms with Crippen LogP contribution in [0.25, 0.3) is 21.1 Å². The Bertz CT molecular complexity index is 1320. The van der Waals surface area contributed by atoms with Crippen LogP contribution in [0.2, 0.25) is 0 Å². The predicted octanol–water partition coefficient (Wildman–Crippen LogP) is 4.42. The molecule has 7 heteroatoms. The van der Waals surface area contributed by atoms with Crippen molar-refractivity contribution in [3.8, 4) is 0 Å². The Balaban J connectivity index is 1.41. The summed E-state index contributed by atoms with van der Waals surface area (Å²) in [5.74, 6) is -0.334. The van der Waals surface area contributed by atoms with Crippen molar-refractivity contribution >= 4 is 44.0 Å². The Hall–Kier alpha value is -3.19. The Morgan fingerprint density at radius 2 is 1.73 bits per heavy atom. The van der Waals surface area contributed by atoms with E-state index in [-0.39, 0.29) is 11.7 Å². The van der Waals surface area contributed by atoms with Crippen LogP contribution in [0.3, 0.4) is 0 Å². The molecule has 152 valence electrons. The van der Waals surface area contributed by atoms with Crippen LogP contribution in [0.5, 0.6) is 0 Å². The number of nitrogens with zero attached hydrogens (tertiary/aromatic N) is 2. The quantitative estimate of drug-likeness (QED) is 0.449. The van der Waals surface area contributed by atoms with Crippen LogP contribution in [0.4, 0.5) is 10.1 Å². The van der Waals surface area contributed by atoms with Gasteiger partial charge in [-0.25, -0.2) is 9.18 Å². The molecule has 30 heavy (non-hydrogen) atoms. The highest BCUT2D eigenvalue weighted by molar-refractivity contribution is 7.21. The van der Waals surface area contributed by atoms with E-state index < -0.39 is 5.63 Å². The van der Waals surface area contributed by atoms with Gasteiger partial charge in [-0.1, -0.05) is 11.6 Å². The molecule has 3 heterocycles. The first kappa shape index (κ1) is 18.8. The number of carbonyl (C=O) groups excluding carboxylic acids is 1. The maximum atomic E-state index is 13.1. The third kappa shape index (κ3) is 3.25. The molecule has 5 nitrogen and oxygen atoms in total. The smallest absolute Gasteiger partial charge is 0.345 e. The summed E-state index contributed by atoms with van der Waals surface area (Å²) in [6.45, 7) is 4.47. The molecule has 1 fully saturated rings. The lowest BCUT2D eigenvalue weighted by molar-refractivity contribution is 0.0751. The van der Waals surface area contributed by atoms with Gasteiger partial charge in [-0.05, 0) is 49.4 Å². The fourth-order valence-corrected chi connectivity index (χ4v) is 5.02. The molecule has 4 aromatic rings. The SMILES string of the molecule is Cc1ccc2oc(=O)c3cc(C(=O)N4CCN(c5ccc(F)cc5)CC4)sc3c2c1. The molecule has 2 aromatic heterocycles. The van der Waals surface area contributed by atoms with E-state index in [0.717, 1.165) is 21.3 Å². The fourth-order valence-electron chi connectivity index (χ4n) is 3.89. The molecule has 0 aliphatic carbocycles. The van der Waals surface area contributed by atoms with Gasteiger partial charge in [0.2, 0.25) is 0 Å². The Morgan fingerprint density at radius 1 is 1.00 bits per heavy atom. The largest absolute Gasteiger partial charge is 0.422 e. The first-order valence-corrected chi connectivity index (χ1v) is 10.6. The van der Waals surface area contributed by atoms with Crippen LogP contribution < -0.4 is 10.5 Å². The number of thiophene rings is 1. The van der Waals surface area contributed by atoms with Crippen LogP contribution >= 0.6 is 11.3 Å². The van der Waals surface area contributed by atoms with E-state index in [1.807, 2.05) is 19.1 Å². The lowest BCUT2D eigenvalue weighted by Gasteiger charge is -2.36. The molecule has 1 saturated heterocycles. The summed E-state index contributed by atoms with van der Waals surface area (Å²) in [6.07, 6.45) is 0. The number of amides is 1. The number of rotatable bonds is 2. The molecule has 2 aromatic carbocycles. The molecular formula is C23H19FN2O3S. The average molecular weight is 422 g/mol. The molecule has 0 unspecified atom stereocenters. The van der Waals surface area contributed by atoms with Crippen LogP contribution in [0.15, 0.2) is 57.7 Å². The van der Waals surface area contributed by atoms with Crippen molar-refractivity contribution < 1.29 is 13.6 Å². The Labute approximate surface area is 175 Å². The number of carbonyl (C=O) groups is 1. The number of benzene rings is 2. The number of hydrogen-bond acceptors (Lipinski definition) is 5. The highest BCUT2D eigenvalue weighted by Gasteiger charge is 2.25.